The molecule has 0 aliphatic heterocycles. The highest BCUT2D eigenvalue weighted by Gasteiger charge is 2.07. The van der Waals surface area contributed by atoms with Gasteiger partial charge in [0, 0.05) is 28.1 Å². The zero-order chi connectivity index (χ0) is 11.4. The first-order valence-electron chi connectivity index (χ1n) is 5.13. The number of pyridine rings is 1. The molecular formula is C12H13BrN2S. The lowest BCUT2D eigenvalue weighted by atomic mass is 10.2. The highest BCUT2D eigenvalue weighted by Crippen LogP contribution is 2.23. The minimum atomic E-state index is 0.273. The number of hydrogen-bond donors (Lipinski definition) is 1. The van der Waals surface area contributed by atoms with E-state index in [-0.39, 0.29) is 6.04 Å². The van der Waals surface area contributed by atoms with Crippen molar-refractivity contribution in [1.82, 2.24) is 10.3 Å². The topological polar surface area (TPSA) is 24.9 Å². The maximum atomic E-state index is 4.33. The SMILES string of the molecule is CC(NCc1sccc1Br)c1ccccn1. The van der Waals surface area contributed by atoms with Crippen molar-refractivity contribution in [2.24, 2.45) is 0 Å². The lowest BCUT2D eigenvalue weighted by Crippen LogP contribution is -2.18. The second-order valence-electron chi connectivity index (χ2n) is 3.55. The van der Waals surface area contributed by atoms with Crippen LogP contribution < -0.4 is 5.32 Å². The summed E-state index contributed by atoms with van der Waals surface area (Å²) < 4.78 is 1.18. The van der Waals surface area contributed by atoms with Crippen LogP contribution in [0, 0.1) is 0 Å². The molecule has 4 heteroatoms. The highest BCUT2D eigenvalue weighted by atomic mass is 79.9. The van der Waals surface area contributed by atoms with Crippen molar-refractivity contribution in [2.45, 2.75) is 19.5 Å². The van der Waals surface area contributed by atoms with Crippen molar-refractivity contribution in [1.29, 1.82) is 0 Å². The fourth-order valence-corrected chi connectivity index (χ4v) is 2.88. The molecule has 2 heterocycles. The summed E-state index contributed by atoms with van der Waals surface area (Å²) in [5, 5.41) is 5.55. The number of aromatic nitrogens is 1. The Morgan fingerprint density at radius 1 is 1.44 bits per heavy atom. The molecule has 0 saturated carbocycles. The maximum absolute atomic E-state index is 4.33. The van der Waals surface area contributed by atoms with Gasteiger partial charge in [0.25, 0.3) is 0 Å². The van der Waals surface area contributed by atoms with Crippen LogP contribution in [0.5, 0.6) is 0 Å². The molecule has 84 valence electrons. The van der Waals surface area contributed by atoms with Gasteiger partial charge in [-0.3, -0.25) is 4.98 Å². The number of nitrogens with zero attached hydrogens (tertiary/aromatic N) is 1. The monoisotopic (exact) mass is 296 g/mol. The molecule has 2 nitrogen and oxygen atoms in total. The van der Waals surface area contributed by atoms with Gasteiger partial charge in [-0.2, -0.15) is 0 Å². The third kappa shape index (κ3) is 2.90. The highest BCUT2D eigenvalue weighted by molar-refractivity contribution is 9.10. The fourth-order valence-electron chi connectivity index (χ4n) is 1.43. The van der Waals surface area contributed by atoms with Gasteiger partial charge in [0.15, 0.2) is 0 Å². The van der Waals surface area contributed by atoms with Crippen molar-refractivity contribution < 1.29 is 0 Å². The van der Waals surface area contributed by atoms with Gasteiger partial charge in [0.05, 0.1) is 5.69 Å². The summed E-state index contributed by atoms with van der Waals surface area (Å²) in [7, 11) is 0. The van der Waals surface area contributed by atoms with E-state index < -0.39 is 0 Å². The average Bonchev–Trinajstić information content (AvgIpc) is 2.73. The van der Waals surface area contributed by atoms with E-state index in [0.717, 1.165) is 12.2 Å². The van der Waals surface area contributed by atoms with Crippen LogP contribution in [0.15, 0.2) is 40.3 Å². The summed E-state index contributed by atoms with van der Waals surface area (Å²) in [6.45, 7) is 3.00. The van der Waals surface area contributed by atoms with Gasteiger partial charge in [0.2, 0.25) is 0 Å². The first-order chi connectivity index (χ1) is 7.77. The zero-order valence-corrected chi connectivity index (χ0v) is 11.4. The van der Waals surface area contributed by atoms with Crippen molar-refractivity contribution in [3.05, 3.63) is 50.9 Å². The molecule has 0 radical (unpaired) electrons. The Labute approximate surface area is 108 Å². The molecule has 2 aromatic heterocycles. The predicted molar refractivity (Wildman–Crippen MR) is 71.5 cm³/mol. The minimum Gasteiger partial charge on any atom is -0.304 e. The van der Waals surface area contributed by atoms with E-state index >= 15 is 0 Å². The Morgan fingerprint density at radius 2 is 2.31 bits per heavy atom. The van der Waals surface area contributed by atoms with Gasteiger partial charge in [0.1, 0.15) is 0 Å². The molecule has 0 fully saturated rings. The molecule has 16 heavy (non-hydrogen) atoms. The van der Waals surface area contributed by atoms with Crippen LogP contribution in [-0.4, -0.2) is 4.98 Å². The van der Waals surface area contributed by atoms with E-state index in [1.165, 1.54) is 9.35 Å². The molecule has 0 bridgehead atoms. The molecule has 1 atom stereocenters. The van der Waals surface area contributed by atoms with Crippen molar-refractivity contribution in [3.8, 4) is 0 Å². The second kappa shape index (κ2) is 5.57. The quantitative estimate of drug-likeness (QED) is 0.929. The molecule has 0 spiro atoms. The lowest BCUT2D eigenvalue weighted by molar-refractivity contribution is 0.564. The van der Waals surface area contributed by atoms with Crippen LogP contribution in [0.3, 0.4) is 0 Å². The lowest BCUT2D eigenvalue weighted by Gasteiger charge is -2.12. The van der Waals surface area contributed by atoms with E-state index in [2.05, 4.69) is 44.6 Å². The van der Waals surface area contributed by atoms with Gasteiger partial charge in [-0.05, 0) is 46.4 Å². The number of thiophene rings is 1. The van der Waals surface area contributed by atoms with Gasteiger partial charge in [-0.15, -0.1) is 11.3 Å². The van der Waals surface area contributed by atoms with E-state index in [0.29, 0.717) is 0 Å². The number of nitrogens with one attached hydrogen (secondary N) is 1. The van der Waals surface area contributed by atoms with Gasteiger partial charge in [-0.1, -0.05) is 6.07 Å². The van der Waals surface area contributed by atoms with Gasteiger partial charge in [-0.25, -0.2) is 0 Å². The Kier molecular flexibility index (Phi) is 4.09. The molecule has 1 N–H and O–H groups in total. The molecule has 0 saturated heterocycles. The largest absolute Gasteiger partial charge is 0.304 e. The Balaban J connectivity index is 1.94. The molecule has 0 amide bonds. The summed E-state index contributed by atoms with van der Waals surface area (Å²) in [6.07, 6.45) is 1.83. The Morgan fingerprint density at radius 3 is 2.94 bits per heavy atom. The van der Waals surface area contributed by atoms with E-state index in [1.807, 2.05) is 24.4 Å². The van der Waals surface area contributed by atoms with Crippen LogP contribution in [-0.2, 0) is 6.54 Å². The van der Waals surface area contributed by atoms with E-state index in [9.17, 15) is 0 Å². The summed E-state index contributed by atoms with van der Waals surface area (Å²) >= 11 is 5.28. The molecule has 2 aromatic rings. The van der Waals surface area contributed by atoms with E-state index in [1.54, 1.807) is 11.3 Å². The van der Waals surface area contributed by atoms with Crippen molar-refractivity contribution >= 4 is 27.3 Å². The average molecular weight is 297 g/mol. The number of rotatable bonds is 4. The van der Waals surface area contributed by atoms with Crippen LogP contribution in [0.1, 0.15) is 23.5 Å². The number of hydrogen-bond acceptors (Lipinski definition) is 3. The zero-order valence-electron chi connectivity index (χ0n) is 8.98. The smallest absolute Gasteiger partial charge is 0.0570 e. The van der Waals surface area contributed by atoms with Crippen molar-refractivity contribution in [2.75, 3.05) is 0 Å². The van der Waals surface area contributed by atoms with E-state index in [4.69, 9.17) is 0 Å². The number of halogens is 1. The van der Waals surface area contributed by atoms with Crippen molar-refractivity contribution in [3.63, 3.8) is 0 Å². The summed E-state index contributed by atoms with van der Waals surface area (Å²) in [5.74, 6) is 0. The first-order valence-corrected chi connectivity index (χ1v) is 6.81. The van der Waals surface area contributed by atoms with Gasteiger partial charge < -0.3 is 5.32 Å². The van der Waals surface area contributed by atoms with Crippen LogP contribution in [0.25, 0.3) is 0 Å². The van der Waals surface area contributed by atoms with Crippen LogP contribution in [0.2, 0.25) is 0 Å². The molecular weight excluding hydrogens is 284 g/mol. The maximum Gasteiger partial charge on any atom is 0.0570 e. The molecule has 0 aromatic carbocycles. The second-order valence-corrected chi connectivity index (χ2v) is 5.40. The third-order valence-corrected chi connectivity index (χ3v) is 4.32. The van der Waals surface area contributed by atoms with Gasteiger partial charge >= 0.3 is 0 Å². The third-order valence-electron chi connectivity index (χ3n) is 2.39. The standard InChI is InChI=1S/C12H13BrN2S/c1-9(11-4-2-3-6-14-11)15-8-12-10(13)5-7-16-12/h2-7,9,15H,8H2,1H3. The fraction of sp³-hybridized carbons (Fsp3) is 0.250. The Hall–Kier alpha value is -0.710. The molecule has 0 aliphatic carbocycles. The molecule has 0 aliphatic rings. The summed E-state index contributed by atoms with van der Waals surface area (Å²) in [4.78, 5) is 5.65. The van der Waals surface area contributed by atoms with Crippen LogP contribution in [0.4, 0.5) is 0 Å². The first kappa shape index (κ1) is 11.8. The van der Waals surface area contributed by atoms with Crippen LogP contribution >= 0.6 is 27.3 Å². The summed E-state index contributed by atoms with van der Waals surface area (Å²) in [5.41, 5.74) is 1.08. The molecule has 1 unspecified atom stereocenters. The molecule has 2 rings (SSSR count). The summed E-state index contributed by atoms with van der Waals surface area (Å²) in [6, 6.07) is 8.34. The Bertz CT molecular complexity index is 441. The minimum absolute atomic E-state index is 0.273. The predicted octanol–water partition coefficient (Wildman–Crippen LogP) is 3.76. The normalized spacial score (nSPS) is 12.6.